The fourth-order valence-corrected chi connectivity index (χ4v) is 4.64. The number of nitrogens with two attached hydrogens (primary N) is 1. The topological polar surface area (TPSA) is 114 Å². The number of hydrogen-bond donors (Lipinski definition) is 1. The van der Waals surface area contributed by atoms with Crippen molar-refractivity contribution in [2.75, 3.05) is 13.1 Å². The number of aryl methyl sites for hydroxylation is 1. The van der Waals surface area contributed by atoms with E-state index >= 15 is 0 Å². The summed E-state index contributed by atoms with van der Waals surface area (Å²) in [4.78, 5) is 2.25. The summed E-state index contributed by atoms with van der Waals surface area (Å²) in [5.41, 5.74) is 6.90. The SMILES string of the molecule is Cc1ccc([C@H]2[C@H]3CN(Cc4ccccc4)CC=C3C(C#N)=C(N)C2(C#N)C#N)o1. The van der Waals surface area contributed by atoms with E-state index < -0.39 is 11.3 Å². The maximum absolute atomic E-state index is 10.1. The van der Waals surface area contributed by atoms with Gasteiger partial charge in [0, 0.05) is 25.6 Å². The quantitative estimate of drug-likeness (QED) is 0.850. The molecule has 2 heterocycles. The molecule has 148 valence electrons. The van der Waals surface area contributed by atoms with E-state index in [0.29, 0.717) is 24.6 Å². The highest BCUT2D eigenvalue weighted by molar-refractivity contribution is 5.58. The van der Waals surface area contributed by atoms with Gasteiger partial charge in [-0.05, 0) is 30.2 Å². The summed E-state index contributed by atoms with van der Waals surface area (Å²) in [7, 11) is 0. The Labute approximate surface area is 175 Å². The average molecular weight is 395 g/mol. The Kier molecular flexibility index (Phi) is 4.92. The zero-order valence-corrected chi connectivity index (χ0v) is 16.7. The first kappa shape index (κ1) is 19.5. The van der Waals surface area contributed by atoms with Gasteiger partial charge in [-0.15, -0.1) is 0 Å². The normalized spacial score (nSPS) is 22.9. The van der Waals surface area contributed by atoms with Gasteiger partial charge in [0.1, 0.15) is 17.6 Å². The number of rotatable bonds is 3. The van der Waals surface area contributed by atoms with E-state index in [1.165, 1.54) is 5.56 Å². The number of nitrogens with zero attached hydrogens (tertiary/aromatic N) is 4. The first-order valence-corrected chi connectivity index (χ1v) is 9.80. The van der Waals surface area contributed by atoms with Crippen LogP contribution in [0.1, 0.15) is 23.0 Å². The zero-order chi connectivity index (χ0) is 21.3. The largest absolute Gasteiger partial charge is 0.466 e. The van der Waals surface area contributed by atoms with Gasteiger partial charge < -0.3 is 10.2 Å². The lowest BCUT2D eigenvalue weighted by molar-refractivity contribution is 0.187. The molecule has 0 radical (unpaired) electrons. The molecule has 1 aromatic heterocycles. The number of nitriles is 3. The van der Waals surface area contributed by atoms with Crippen LogP contribution in [0, 0.1) is 52.2 Å². The van der Waals surface area contributed by atoms with Crippen LogP contribution in [-0.4, -0.2) is 18.0 Å². The number of benzene rings is 1. The van der Waals surface area contributed by atoms with Gasteiger partial charge in [0.15, 0.2) is 5.41 Å². The van der Waals surface area contributed by atoms with Crippen molar-refractivity contribution in [1.29, 1.82) is 15.8 Å². The Balaban J connectivity index is 1.83. The van der Waals surface area contributed by atoms with Crippen molar-refractivity contribution in [1.82, 2.24) is 4.90 Å². The molecule has 0 fully saturated rings. The van der Waals surface area contributed by atoms with Crippen molar-refractivity contribution in [3.63, 3.8) is 0 Å². The molecule has 0 unspecified atom stereocenters. The molecular formula is C24H21N5O. The van der Waals surface area contributed by atoms with Crippen LogP contribution in [-0.2, 0) is 6.54 Å². The highest BCUT2D eigenvalue weighted by atomic mass is 16.3. The summed E-state index contributed by atoms with van der Waals surface area (Å²) in [6.45, 7) is 3.81. The average Bonchev–Trinajstić information content (AvgIpc) is 3.19. The molecule has 2 aromatic rings. The summed E-state index contributed by atoms with van der Waals surface area (Å²) in [5.74, 6) is 0.399. The Bertz CT molecular complexity index is 1140. The molecule has 4 rings (SSSR count). The molecule has 0 amide bonds. The summed E-state index contributed by atoms with van der Waals surface area (Å²) < 4.78 is 5.89. The minimum Gasteiger partial charge on any atom is -0.466 e. The van der Waals surface area contributed by atoms with Gasteiger partial charge in [0.05, 0.1) is 29.3 Å². The fraction of sp³-hybridized carbons (Fsp3) is 0.292. The second-order valence-corrected chi connectivity index (χ2v) is 7.80. The second-order valence-electron chi connectivity index (χ2n) is 7.80. The summed E-state index contributed by atoms with van der Waals surface area (Å²) in [6.07, 6.45) is 2.00. The molecule has 0 spiro atoms. The van der Waals surface area contributed by atoms with Crippen molar-refractivity contribution < 1.29 is 4.42 Å². The molecule has 2 N–H and O–H groups in total. The highest BCUT2D eigenvalue weighted by Crippen LogP contribution is 2.54. The monoisotopic (exact) mass is 395 g/mol. The van der Waals surface area contributed by atoms with Gasteiger partial charge in [0.25, 0.3) is 0 Å². The lowest BCUT2D eigenvalue weighted by Gasteiger charge is -2.44. The summed E-state index contributed by atoms with van der Waals surface area (Å²) in [5, 5.41) is 30.0. The van der Waals surface area contributed by atoms with E-state index in [-0.39, 0.29) is 17.2 Å². The number of furan rings is 1. The smallest absolute Gasteiger partial charge is 0.194 e. The molecular weight excluding hydrogens is 374 g/mol. The standard InChI is InChI=1S/C24H21N5O/c1-16-7-8-21(30-16)22-20-13-29(12-17-5-3-2-4-6-17)10-9-18(20)19(11-25)23(28)24(22,14-26)15-27/h2-9,20,22H,10,12-13,28H2,1H3/t20-,22+/m0/s1. The molecule has 6 nitrogen and oxygen atoms in total. The van der Waals surface area contributed by atoms with Gasteiger partial charge in [-0.25, -0.2) is 0 Å². The number of fused-ring (bicyclic) bond motifs is 1. The molecule has 2 aliphatic rings. The number of hydrogen-bond acceptors (Lipinski definition) is 6. The molecule has 1 aliphatic carbocycles. The lowest BCUT2D eigenvalue weighted by Crippen LogP contribution is -2.47. The van der Waals surface area contributed by atoms with Crippen LogP contribution in [0.2, 0.25) is 0 Å². The molecule has 1 aromatic carbocycles. The van der Waals surface area contributed by atoms with Crippen molar-refractivity contribution in [2.24, 2.45) is 17.1 Å². The minimum atomic E-state index is -1.66. The zero-order valence-electron chi connectivity index (χ0n) is 16.7. The fourth-order valence-electron chi connectivity index (χ4n) is 4.64. The first-order valence-electron chi connectivity index (χ1n) is 9.80. The van der Waals surface area contributed by atoms with E-state index in [0.717, 1.165) is 12.1 Å². The number of allylic oxidation sites excluding steroid dienone is 2. The van der Waals surface area contributed by atoms with Crippen molar-refractivity contribution in [2.45, 2.75) is 19.4 Å². The van der Waals surface area contributed by atoms with Crippen LogP contribution in [0.25, 0.3) is 0 Å². The third kappa shape index (κ3) is 2.98. The van der Waals surface area contributed by atoms with Crippen LogP contribution < -0.4 is 5.73 Å². The molecule has 2 atom stereocenters. The first-order chi connectivity index (χ1) is 14.5. The van der Waals surface area contributed by atoms with Gasteiger partial charge in [-0.3, -0.25) is 4.90 Å². The highest BCUT2D eigenvalue weighted by Gasteiger charge is 2.55. The third-order valence-electron chi connectivity index (χ3n) is 6.06. The maximum Gasteiger partial charge on any atom is 0.194 e. The predicted molar refractivity (Wildman–Crippen MR) is 110 cm³/mol. The van der Waals surface area contributed by atoms with E-state index in [4.69, 9.17) is 10.2 Å². The van der Waals surface area contributed by atoms with E-state index in [2.05, 4.69) is 35.2 Å². The van der Waals surface area contributed by atoms with Gasteiger partial charge >= 0.3 is 0 Å². The van der Waals surface area contributed by atoms with E-state index in [1.54, 1.807) is 0 Å². The summed E-state index contributed by atoms with van der Waals surface area (Å²) in [6, 6.07) is 20.2. The van der Waals surface area contributed by atoms with Crippen LogP contribution in [0.4, 0.5) is 0 Å². The van der Waals surface area contributed by atoms with Crippen molar-refractivity contribution in [3.05, 3.63) is 82.5 Å². The van der Waals surface area contributed by atoms with Gasteiger partial charge in [-0.1, -0.05) is 36.4 Å². The van der Waals surface area contributed by atoms with Crippen LogP contribution >= 0.6 is 0 Å². The van der Waals surface area contributed by atoms with Crippen molar-refractivity contribution >= 4 is 0 Å². The van der Waals surface area contributed by atoms with Crippen LogP contribution in [0.15, 0.2) is 69.8 Å². The Morgan fingerprint density at radius 3 is 2.47 bits per heavy atom. The molecule has 0 saturated heterocycles. The van der Waals surface area contributed by atoms with Gasteiger partial charge in [0.2, 0.25) is 0 Å². The van der Waals surface area contributed by atoms with Gasteiger partial charge in [-0.2, -0.15) is 15.8 Å². The van der Waals surface area contributed by atoms with Crippen LogP contribution in [0.5, 0.6) is 0 Å². The Morgan fingerprint density at radius 1 is 1.13 bits per heavy atom. The van der Waals surface area contributed by atoms with Crippen molar-refractivity contribution in [3.8, 4) is 18.2 Å². The third-order valence-corrected chi connectivity index (χ3v) is 6.06. The Morgan fingerprint density at radius 2 is 1.87 bits per heavy atom. The lowest BCUT2D eigenvalue weighted by atomic mass is 9.59. The molecule has 0 saturated carbocycles. The van der Waals surface area contributed by atoms with Crippen LogP contribution in [0.3, 0.4) is 0 Å². The van der Waals surface area contributed by atoms with E-state index in [1.807, 2.05) is 43.3 Å². The maximum atomic E-state index is 10.1. The molecule has 30 heavy (non-hydrogen) atoms. The summed E-state index contributed by atoms with van der Waals surface area (Å²) >= 11 is 0. The predicted octanol–water partition coefficient (Wildman–Crippen LogP) is 3.51. The molecule has 1 aliphatic heterocycles. The molecule has 0 bridgehead atoms. The Hall–Kier alpha value is -3.79. The molecule has 6 heteroatoms. The minimum absolute atomic E-state index is 0.0214. The second kappa shape index (κ2) is 7.56. The van der Waals surface area contributed by atoms with E-state index in [9.17, 15) is 15.8 Å².